The third-order valence-corrected chi connectivity index (χ3v) is 8.87. The van der Waals surface area contributed by atoms with Crippen LogP contribution in [0.15, 0.2) is 0 Å². The second-order valence-corrected chi connectivity index (χ2v) is 13.6. The summed E-state index contributed by atoms with van der Waals surface area (Å²) in [6.07, 6.45) is 4.84. The Morgan fingerprint density at radius 2 is 1.58 bits per heavy atom. The van der Waals surface area contributed by atoms with Gasteiger partial charge in [0.05, 0.1) is 10.8 Å². The van der Waals surface area contributed by atoms with Crippen LogP contribution < -0.4 is 0 Å². The van der Waals surface area contributed by atoms with Crippen LogP contribution >= 0.6 is 0 Å². The number of esters is 2. The van der Waals surface area contributed by atoms with Gasteiger partial charge in [-0.1, -0.05) is 6.92 Å². The molecule has 2 aliphatic heterocycles. The van der Waals surface area contributed by atoms with E-state index in [4.69, 9.17) is 23.8 Å². The summed E-state index contributed by atoms with van der Waals surface area (Å²) in [6, 6.07) is 0. The third-order valence-electron chi connectivity index (χ3n) is 8.87. The van der Waals surface area contributed by atoms with Gasteiger partial charge in [0.15, 0.2) is 6.79 Å². The van der Waals surface area contributed by atoms with E-state index >= 15 is 0 Å². The average molecular weight is 510 g/mol. The van der Waals surface area contributed by atoms with Gasteiger partial charge in [0.25, 0.3) is 0 Å². The van der Waals surface area contributed by atoms with E-state index < -0.39 is 21.8 Å². The average Bonchev–Trinajstić information content (AvgIpc) is 3.31. The molecule has 0 aromatic heterocycles. The van der Waals surface area contributed by atoms with E-state index in [1.807, 2.05) is 46.6 Å². The molecule has 7 atom stereocenters. The van der Waals surface area contributed by atoms with Crippen molar-refractivity contribution < 1.29 is 33.4 Å². The van der Waals surface area contributed by atoms with Crippen molar-refractivity contribution in [1.82, 2.24) is 5.06 Å². The predicted octanol–water partition coefficient (Wildman–Crippen LogP) is 4.85. The van der Waals surface area contributed by atoms with E-state index in [2.05, 4.69) is 6.92 Å². The van der Waals surface area contributed by atoms with Gasteiger partial charge in [-0.25, -0.2) is 0 Å². The van der Waals surface area contributed by atoms with Crippen molar-refractivity contribution in [1.29, 1.82) is 0 Å². The van der Waals surface area contributed by atoms with Crippen LogP contribution in [0, 0.1) is 28.1 Å². The van der Waals surface area contributed by atoms with E-state index in [9.17, 15) is 9.59 Å². The molecular formula is C28H47NO7. The Kier molecular flexibility index (Phi) is 7.59. The Hall–Kier alpha value is -1.22. The zero-order chi connectivity index (χ0) is 26.5. The Balaban J connectivity index is 1.76. The summed E-state index contributed by atoms with van der Waals surface area (Å²) < 4.78 is 24.9. The number of methoxy groups -OCH3 is 1. The van der Waals surface area contributed by atoms with Crippen LogP contribution in [-0.4, -0.2) is 61.5 Å². The lowest BCUT2D eigenvalue weighted by Gasteiger charge is -2.56. The fourth-order valence-electron chi connectivity index (χ4n) is 7.21. The number of hydrogen-bond acceptors (Lipinski definition) is 8. The molecule has 4 unspecified atom stereocenters. The summed E-state index contributed by atoms with van der Waals surface area (Å²) >= 11 is 0. The smallest absolute Gasteiger partial charge is 0.311 e. The van der Waals surface area contributed by atoms with Crippen molar-refractivity contribution in [2.24, 2.45) is 28.1 Å². The summed E-state index contributed by atoms with van der Waals surface area (Å²) in [5.41, 5.74) is -2.33. The van der Waals surface area contributed by atoms with Gasteiger partial charge in [-0.15, -0.1) is 0 Å². The van der Waals surface area contributed by atoms with Crippen molar-refractivity contribution in [3.63, 3.8) is 0 Å². The number of rotatable bonds is 5. The molecule has 8 heteroatoms. The number of carbonyl (C=O) groups is 2. The van der Waals surface area contributed by atoms with Crippen LogP contribution in [0.5, 0.6) is 0 Å². The summed E-state index contributed by atoms with van der Waals surface area (Å²) in [5, 5.41) is 1.89. The first-order valence-electron chi connectivity index (χ1n) is 13.7. The lowest BCUT2D eigenvalue weighted by molar-refractivity contribution is -0.322. The molecule has 2 aliphatic carbocycles. The van der Waals surface area contributed by atoms with Gasteiger partial charge >= 0.3 is 11.9 Å². The molecule has 2 spiro atoms. The molecule has 0 amide bonds. The molecule has 0 radical (unpaired) electrons. The standard InChI is InChI=1S/C28H47NO7/c1-18-14-19-16-21(35-24(31)26(5,6)7)28-12-10-22(36-28)29(33-17-32-8)13-9-11-27(19,28)20(15-18)34-23(30)25(2,3)4/h18-22H,9-17H2,1-8H3/t18?,19?,20?,21-,22+,27?,28+/m1/s1. The molecule has 2 bridgehead atoms. The topological polar surface area (TPSA) is 83.5 Å². The summed E-state index contributed by atoms with van der Waals surface area (Å²) in [7, 11) is 1.61. The molecular weight excluding hydrogens is 462 g/mol. The lowest BCUT2D eigenvalue weighted by Crippen LogP contribution is -2.63. The van der Waals surface area contributed by atoms with Gasteiger partial charge in [-0.2, -0.15) is 5.06 Å². The zero-order valence-electron chi connectivity index (χ0n) is 23.6. The molecule has 0 N–H and O–H groups in total. The largest absolute Gasteiger partial charge is 0.461 e. The van der Waals surface area contributed by atoms with Crippen LogP contribution in [0.25, 0.3) is 0 Å². The first kappa shape index (κ1) is 27.8. The number of hydrogen-bond donors (Lipinski definition) is 0. The second-order valence-electron chi connectivity index (χ2n) is 13.6. The summed E-state index contributed by atoms with van der Waals surface area (Å²) in [5.74, 6) is 0.272. The zero-order valence-corrected chi connectivity index (χ0v) is 23.6. The van der Waals surface area contributed by atoms with E-state index in [1.54, 1.807) is 7.11 Å². The molecule has 2 saturated carbocycles. The monoisotopic (exact) mass is 509 g/mol. The van der Waals surface area contributed by atoms with Crippen LogP contribution in [-0.2, 0) is 33.4 Å². The van der Waals surface area contributed by atoms with Gasteiger partial charge in [-0.05, 0) is 98.3 Å². The number of hydroxylamine groups is 2. The Morgan fingerprint density at radius 1 is 0.944 bits per heavy atom. The highest BCUT2D eigenvalue weighted by molar-refractivity contribution is 5.76. The molecule has 36 heavy (non-hydrogen) atoms. The maximum absolute atomic E-state index is 13.2. The quantitative estimate of drug-likeness (QED) is 0.384. The van der Waals surface area contributed by atoms with Crippen molar-refractivity contribution in [2.45, 2.75) is 117 Å². The molecule has 0 aromatic carbocycles. The Labute approximate surface area is 216 Å². The highest BCUT2D eigenvalue weighted by atomic mass is 16.8. The molecule has 0 aromatic rings. The van der Waals surface area contributed by atoms with Crippen LogP contribution in [0.2, 0.25) is 0 Å². The number of ether oxygens (including phenoxy) is 4. The minimum atomic E-state index is -0.721. The summed E-state index contributed by atoms with van der Waals surface area (Å²) in [4.78, 5) is 32.3. The number of nitrogens with zero attached hydrogens (tertiary/aromatic N) is 1. The van der Waals surface area contributed by atoms with Crippen LogP contribution in [0.3, 0.4) is 0 Å². The summed E-state index contributed by atoms with van der Waals surface area (Å²) in [6.45, 7) is 14.5. The number of carbonyl (C=O) groups excluding carboxylic acids is 2. The molecule has 4 fully saturated rings. The van der Waals surface area contributed by atoms with E-state index in [0.717, 1.165) is 44.9 Å². The molecule has 2 saturated heterocycles. The lowest BCUT2D eigenvalue weighted by atomic mass is 9.55. The van der Waals surface area contributed by atoms with Crippen molar-refractivity contribution in [3.05, 3.63) is 0 Å². The Bertz CT molecular complexity index is 833. The fraction of sp³-hybridized carbons (Fsp3) is 0.929. The molecule has 206 valence electrons. The number of fused-ring (bicyclic) bond motifs is 1. The minimum absolute atomic E-state index is 0.159. The normalized spacial score (nSPS) is 39.1. The SMILES string of the molecule is COCON1CCCC23C(CC(C)CC2OC(=O)C(C)(C)C)C[C@@H](OC(=O)C(C)(C)C)[C@@]32CC[C@@H]1O2. The molecule has 4 aliphatic rings. The minimum Gasteiger partial charge on any atom is -0.461 e. The first-order chi connectivity index (χ1) is 16.7. The van der Waals surface area contributed by atoms with Crippen LogP contribution in [0.4, 0.5) is 0 Å². The van der Waals surface area contributed by atoms with Gasteiger partial charge in [0, 0.05) is 19.1 Å². The predicted molar refractivity (Wildman–Crippen MR) is 133 cm³/mol. The second kappa shape index (κ2) is 9.83. The molecule has 8 nitrogen and oxygen atoms in total. The van der Waals surface area contributed by atoms with Gasteiger partial charge in [0.2, 0.25) is 0 Å². The van der Waals surface area contributed by atoms with Crippen LogP contribution in [0.1, 0.15) is 93.4 Å². The highest BCUT2D eigenvalue weighted by Gasteiger charge is 2.74. The van der Waals surface area contributed by atoms with Gasteiger partial charge < -0.3 is 18.9 Å². The van der Waals surface area contributed by atoms with E-state index in [1.165, 1.54) is 0 Å². The highest BCUT2D eigenvalue weighted by Crippen LogP contribution is 2.68. The first-order valence-corrected chi connectivity index (χ1v) is 13.7. The molecule has 4 rings (SSSR count). The van der Waals surface area contributed by atoms with Crippen molar-refractivity contribution >= 4 is 11.9 Å². The van der Waals surface area contributed by atoms with E-state index in [0.29, 0.717) is 12.5 Å². The maximum atomic E-state index is 13.2. The maximum Gasteiger partial charge on any atom is 0.311 e. The fourth-order valence-corrected chi connectivity index (χ4v) is 7.21. The Morgan fingerprint density at radius 3 is 2.19 bits per heavy atom. The molecule has 2 heterocycles. The van der Waals surface area contributed by atoms with E-state index in [-0.39, 0.29) is 43.1 Å². The third kappa shape index (κ3) is 4.72. The van der Waals surface area contributed by atoms with Gasteiger partial charge in [0.1, 0.15) is 24.0 Å². The van der Waals surface area contributed by atoms with Crippen molar-refractivity contribution in [2.75, 3.05) is 20.4 Å². The van der Waals surface area contributed by atoms with Crippen molar-refractivity contribution in [3.8, 4) is 0 Å². The van der Waals surface area contributed by atoms with Gasteiger partial charge in [-0.3, -0.25) is 14.4 Å².